The maximum atomic E-state index is 5.63. The number of benzene rings is 1. The molecule has 1 aromatic carbocycles. The quantitative estimate of drug-likeness (QED) is 0.901. The lowest BCUT2D eigenvalue weighted by Gasteiger charge is -2.37. The zero-order chi connectivity index (χ0) is 13.1. The van der Waals surface area contributed by atoms with Gasteiger partial charge in [-0.1, -0.05) is 29.8 Å². The van der Waals surface area contributed by atoms with E-state index in [0.29, 0.717) is 6.04 Å². The molecule has 1 saturated carbocycles. The maximum Gasteiger partial charge on any atom is 0.0933 e. The van der Waals surface area contributed by atoms with Gasteiger partial charge in [-0.2, -0.15) is 0 Å². The Balaban J connectivity index is 1.39. The van der Waals surface area contributed by atoms with E-state index in [1.807, 2.05) is 0 Å². The van der Waals surface area contributed by atoms with E-state index < -0.39 is 0 Å². The number of rotatable bonds is 4. The van der Waals surface area contributed by atoms with Crippen LogP contribution < -0.4 is 5.32 Å². The van der Waals surface area contributed by atoms with Crippen molar-refractivity contribution in [3.05, 3.63) is 35.4 Å². The molecule has 0 spiro atoms. The third-order valence-electron chi connectivity index (χ3n) is 4.21. The van der Waals surface area contributed by atoms with E-state index in [0.717, 1.165) is 32.3 Å². The molecule has 1 aliphatic carbocycles. The number of nitrogens with one attached hydrogen (secondary N) is 1. The van der Waals surface area contributed by atoms with Crippen molar-refractivity contribution >= 4 is 0 Å². The highest BCUT2D eigenvalue weighted by atomic mass is 16.6. The normalized spacial score (nSPS) is 30.9. The van der Waals surface area contributed by atoms with Crippen molar-refractivity contribution in [3.63, 3.8) is 0 Å². The second-order valence-corrected chi connectivity index (χ2v) is 5.75. The molecule has 3 heteroatoms. The molecular formula is C16H23NO2. The van der Waals surface area contributed by atoms with E-state index >= 15 is 0 Å². The lowest BCUT2D eigenvalue weighted by atomic mass is 9.75. The molecule has 1 saturated heterocycles. The molecule has 2 fully saturated rings. The van der Waals surface area contributed by atoms with Crippen LogP contribution in [0.4, 0.5) is 0 Å². The second-order valence-electron chi connectivity index (χ2n) is 5.75. The third-order valence-corrected chi connectivity index (χ3v) is 4.21. The van der Waals surface area contributed by atoms with Crippen molar-refractivity contribution in [3.8, 4) is 0 Å². The molecule has 1 aromatic rings. The van der Waals surface area contributed by atoms with Crippen molar-refractivity contribution in [1.29, 1.82) is 0 Å². The predicted octanol–water partition coefficient (Wildman–Crippen LogP) is 2.25. The first-order valence-corrected chi connectivity index (χ1v) is 7.30. The van der Waals surface area contributed by atoms with E-state index in [9.17, 15) is 0 Å². The summed E-state index contributed by atoms with van der Waals surface area (Å²) >= 11 is 0. The van der Waals surface area contributed by atoms with Gasteiger partial charge in [-0.3, -0.25) is 0 Å². The Morgan fingerprint density at radius 2 is 1.95 bits per heavy atom. The standard InChI is InChI=1S/C16H23NO2/c1-12-2-4-13(5-3-12)14-8-15(9-14)17-10-16-11-18-6-7-19-16/h2-5,14-17H,6-11H2,1H3. The van der Waals surface area contributed by atoms with Crippen LogP contribution in [0.15, 0.2) is 24.3 Å². The molecule has 0 radical (unpaired) electrons. The number of aryl methyl sites for hydroxylation is 1. The Hall–Kier alpha value is -0.900. The fourth-order valence-electron chi connectivity index (χ4n) is 2.85. The summed E-state index contributed by atoms with van der Waals surface area (Å²) in [6, 6.07) is 9.62. The molecular weight excluding hydrogens is 238 g/mol. The smallest absolute Gasteiger partial charge is 0.0933 e. The van der Waals surface area contributed by atoms with Gasteiger partial charge in [0.1, 0.15) is 0 Å². The van der Waals surface area contributed by atoms with Crippen LogP contribution in [0.2, 0.25) is 0 Å². The molecule has 19 heavy (non-hydrogen) atoms. The molecule has 1 heterocycles. The van der Waals surface area contributed by atoms with Crippen LogP contribution in [-0.4, -0.2) is 38.5 Å². The lowest BCUT2D eigenvalue weighted by Crippen LogP contribution is -2.46. The molecule has 3 nitrogen and oxygen atoms in total. The van der Waals surface area contributed by atoms with Gasteiger partial charge in [0.15, 0.2) is 0 Å². The predicted molar refractivity (Wildman–Crippen MR) is 75.5 cm³/mol. The van der Waals surface area contributed by atoms with Crippen molar-refractivity contribution in [2.24, 2.45) is 0 Å². The number of hydrogen-bond donors (Lipinski definition) is 1. The highest BCUT2D eigenvalue weighted by molar-refractivity contribution is 5.26. The number of hydrogen-bond acceptors (Lipinski definition) is 3. The summed E-state index contributed by atoms with van der Waals surface area (Å²) in [5, 5.41) is 3.59. The van der Waals surface area contributed by atoms with E-state index in [1.54, 1.807) is 0 Å². The first kappa shape index (κ1) is 13.1. The second kappa shape index (κ2) is 6.04. The lowest BCUT2D eigenvalue weighted by molar-refractivity contribution is -0.0878. The molecule has 1 aliphatic heterocycles. The van der Waals surface area contributed by atoms with E-state index in [2.05, 4.69) is 36.5 Å². The van der Waals surface area contributed by atoms with Crippen molar-refractivity contribution in [1.82, 2.24) is 5.32 Å². The van der Waals surface area contributed by atoms with Gasteiger partial charge in [0.2, 0.25) is 0 Å². The SMILES string of the molecule is Cc1ccc(C2CC(NCC3COCCO3)C2)cc1. The van der Waals surface area contributed by atoms with Crippen LogP contribution in [0.5, 0.6) is 0 Å². The van der Waals surface area contributed by atoms with E-state index in [4.69, 9.17) is 9.47 Å². The molecule has 0 bridgehead atoms. The average Bonchev–Trinajstić information content (AvgIpc) is 2.40. The van der Waals surface area contributed by atoms with Gasteiger partial charge in [0.25, 0.3) is 0 Å². The minimum Gasteiger partial charge on any atom is -0.376 e. The summed E-state index contributed by atoms with van der Waals surface area (Å²) in [4.78, 5) is 0. The summed E-state index contributed by atoms with van der Waals surface area (Å²) in [7, 11) is 0. The van der Waals surface area contributed by atoms with Crippen LogP contribution in [0, 0.1) is 6.92 Å². The average molecular weight is 261 g/mol. The fourth-order valence-corrected chi connectivity index (χ4v) is 2.85. The van der Waals surface area contributed by atoms with Crippen LogP contribution in [0.25, 0.3) is 0 Å². The first-order valence-electron chi connectivity index (χ1n) is 7.30. The van der Waals surface area contributed by atoms with E-state index in [1.165, 1.54) is 24.0 Å². The Morgan fingerprint density at radius 1 is 1.16 bits per heavy atom. The Bertz CT molecular complexity index is 392. The topological polar surface area (TPSA) is 30.5 Å². The van der Waals surface area contributed by atoms with Crippen molar-refractivity contribution in [2.75, 3.05) is 26.4 Å². The van der Waals surface area contributed by atoms with Gasteiger partial charge >= 0.3 is 0 Å². The van der Waals surface area contributed by atoms with Gasteiger partial charge in [0, 0.05) is 12.6 Å². The highest BCUT2D eigenvalue weighted by Crippen LogP contribution is 2.36. The van der Waals surface area contributed by atoms with Gasteiger partial charge in [-0.15, -0.1) is 0 Å². The minimum atomic E-state index is 0.243. The number of ether oxygens (including phenoxy) is 2. The van der Waals surface area contributed by atoms with Gasteiger partial charge < -0.3 is 14.8 Å². The molecule has 2 aliphatic rings. The summed E-state index contributed by atoms with van der Waals surface area (Å²) < 4.78 is 11.0. The van der Waals surface area contributed by atoms with Crippen LogP contribution >= 0.6 is 0 Å². The van der Waals surface area contributed by atoms with Crippen molar-refractivity contribution < 1.29 is 9.47 Å². The molecule has 3 rings (SSSR count). The van der Waals surface area contributed by atoms with Crippen molar-refractivity contribution in [2.45, 2.75) is 37.8 Å². The van der Waals surface area contributed by atoms with Gasteiger partial charge in [-0.05, 0) is 31.2 Å². The Kier molecular flexibility index (Phi) is 4.16. The molecule has 1 atom stereocenters. The first-order chi connectivity index (χ1) is 9.31. The van der Waals surface area contributed by atoms with Gasteiger partial charge in [0.05, 0.1) is 25.9 Å². The molecule has 1 unspecified atom stereocenters. The Labute approximate surface area is 115 Å². The molecule has 0 amide bonds. The van der Waals surface area contributed by atoms with Gasteiger partial charge in [-0.25, -0.2) is 0 Å². The largest absolute Gasteiger partial charge is 0.376 e. The van der Waals surface area contributed by atoms with Crippen LogP contribution in [-0.2, 0) is 9.47 Å². The monoisotopic (exact) mass is 261 g/mol. The summed E-state index contributed by atoms with van der Waals surface area (Å²) in [6.07, 6.45) is 2.74. The fraction of sp³-hybridized carbons (Fsp3) is 0.625. The summed E-state index contributed by atoms with van der Waals surface area (Å²) in [5.74, 6) is 0.738. The van der Waals surface area contributed by atoms with Crippen LogP contribution in [0.1, 0.15) is 29.9 Å². The third kappa shape index (κ3) is 3.35. The van der Waals surface area contributed by atoms with Crippen LogP contribution in [0.3, 0.4) is 0 Å². The van der Waals surface area contributed by atoms with E-state index in [-0.39, 0.29) is 6.10 Å². The summed E-state index contributed by atoms with van der Waals surface area (Å²) in [5.41, 5.74) is 2.83. The Morgan fingerprint density at radius 3 is 2.63 bits per heavy atom. The maximum absolute atomic E-state index is 5.63. The molecule has 104 valence electrons. The zero-order valence-corrected chi connectivity index (χ0v) is 11.6. The summed E-state index contributed by atoms with van der Waals surface area (Å²) in [6.45, 7) is 5.28. The molecule has 1 N–H and O–H groups in total. The highest BCUT2D eigenvalue weighted by Gasteiger charge is 2.30. The zero-order valence-electron chi connectivity index (χ0n) is 11.6. The molecule has 0 aromatic heterocycles. The minimum absolute atomic E-state index is 0.243.